The minimum Gasteiger partial charge on any atom is -0.462 e. The second kappa shape index (κ2) is 12.8. The number of guanidine groups is 1. The first-order valence-corrected chi connectivity index (χ1v) is 11.5. The molecule has 1 unspecified atom stereocenters. The van der Waals surface area contributed by atoms with E-state index in [0.29, 0.717) is 29.3 Å². The molecular weight excluding hydrogens is 386 g/mol. The van der Waals surface area contributed by atoms with Crippen LogP contribution in [-0.2, 0) is 4.74 Å². The molecule has 0 aliphatic rings. The summed E-state index contributed by atoms with van der Waals surface area (Å²) >= 11 is 1.38. The Labute approximate surface area is 180 Å². The van der Waals surface area contributed by atoms with Gasteiger partial charge in [-0.15, -0.1) is 11.3 Å². The van der Waals surface area contributed by atoms with Crippen LogP contribution in [0.3, 0.4) is 0 Å². The first kappa shape index (κ1) is 25.4. The van der Waals surface area contributed by atoms with Crippen LogP contribution < -0.4 is 10.6 Å². The van der Waals surface area contributed by atoms with Crippen LogP contribution in [0.5, 0.6) is 0 Å². The number of esters is 1. The number of rotatable bonds is 11. The van der Waals surface area contributed by atoms with Gasteiger partial charge in [-0.25, -0.2) is 9.78 Å². The molecule has 0 saturated carbocycles. The maximum absolute atomic E-state index is 12.0. The average Bonchev–Trinajstić information content (AvgIpc) is 3.03. The Bertz CT molecular complexity index is 649. The largest absolute Gasteiger partial charge is 0.462 e. The van der Waals surface area contributed by atoms with Gasteiger partial charge in [-0.2, -0.15) is 0 Å². The third kappa shape index (κ3) is 8.30. The molecule has 0 aliphatic heterocycles. The normalized spacial score (nSPS) is 13.3. The molecule has 0 spiro atoms. The zero-order valence-corrected chi connectivity index (χ0v) is 20.2. The molecule has 0 amide bonds. The van der Waals surface area contributed by atoms with E-state index in [2.05, 4.69) is 48.2 Å². The van der Waals surface area contributed by atoms with Crippen LogP contribution in [0.1, 0.15) is 81.3 Å². The van der Waals surface area contributed by atoms with Gasteiger partial charge >= 0.3 is 5.97 Å². The van der Waals surface area contributed by atoms with E-state index >= 15 is 0 Å². The number of aryl methyl sites for hydroxylation is 1. The quantitative estimate of drug-likeness (QED) is 0.243. The lowest BCUT2D eigenvalue weighted by Crippen LogP contribution is -2.39. The van der Waals surface area contributed by atoms with Crippen LogP contribution in [-0.4, -0.2) is 60.1 Å². The van der Waals surface area contributed by atoms with Crippen molar-refractivity contribution in [2.75, 3.05) is 26.2 Å². The van der Waals surface area contributed by atoms with Gasteiger partial charge in [0.2, 0.25) is 0 Å². The number of ether oxygens (including phenoxy) is 1. The lowest BCUT2D eigenvalue weighted by Gasteiger charge is -2.30. The van der Waals surface area contributed by atoms with Gasteiger partial charge < -0.3 is 15.4 Å². The summed E-state index contributed by atoms with van der Waals surface area (Å²) in [5.74, 6) is 0.465. The Hall–Kier alpha value is -1.67. The Morgan fingerprint density at radius 1 is 1.21 bits per heavy atom. The third-order valence-corrected chi connectivity index (χ3v) is 5.83. The van der Waals surface area contributed by atoms with Crippen LogP contribution in [0.4, 0.5) is 0 Å². The molecule has 1 rings (SSSR count). The first-order valence-electron chi connectivity index (χ1n) is 10.7. The fourth-order valence-electron chi connectivity index (χ4n) is 3.13. The molecule has 29 heavy (non-hydrogen) atoms. The van der Waals surface area contributed by atoms with E-state index < -0.39 is 0 Å². The van der Waals surface area contributed by atoms with E-state index in [1.165, 1.54) is 11.3 Å². The Morgan fingerprint density at radius 3 is 2.41 bits per heavy atom. The number of carbonyl (C=O) groups excluding carboxylic acids is 1. The third-order valence-electron chi connectivity index (χ3n) is 4.51. The van der Waals surface area contributed by atoms with Gasteiger partial charge in [0.25, 0.3) is 0 Å². The van der Waals surface area contributed by atoms with Crippen molar-refractivity contribution in [3.8, 4) is 0 Å². The molecule has 0 fully saturated rings. The minimum atomic E-state index is -0.304. The smallest absolute Gasteiger partial charge is 0.350 e. The van der Waals surface area contributed by atoms with Crippen LogP contribution in [0.25, 0.3) is 0 Å². The second-order valence-electron chi connectivity index (χ2n) is 7.59. The average molecular weight is 426 g/mol. The maximum atomic E-state index is 12.0. The molecule has 166 valence electrons. The molecule has 0 saturated heterocycles. The first-order chi connectivity index (χ1) is 13.7. The molecule has 7 nitrogen and oxygen atoms in total. The highest BCUT2D eigenvalue weighted by molar-refractivity contribution is 7.13. The van der Waals surface area contributed by atoms with Gasteiger partial charge in [-0.1, -0.05) is 0 Å². The highest BCUT2D eigenvalue weighted by atomic mass is 32.1. The summed E-state index contributed by atoms with van der Waals surface area (Å²) in [6.07, 6.45) is 1.00. The molecule has 1 aromatic heterocycles. The minimum absolute atomic E-state index is 0.0532. The van der Waals surface area contributed by atoms with E-state index in [9.17, 15) is 4.79 Å². The number of aromatic nitrogens is 1. The van der Waals surface area contributed by atoms with Gasteiger partial charge in [0, 0.05) is 31.7 Å². The fraction of sp³-hybridized carbons (Fsp3) is 0.762. The van der Waals surface area contributed by atoms with E-state index in [-0.39, 0.29) is 12.0 Å². The molecule has 0 radical (unpaired) electrons. The molecule has 0 aliphatic carbocycles. The fourth-order valence-corrected chi connectivity index (χ4v) is 4.10. The Balaban J connectivity index is 2.71. The Morgan fingerprint density at radius 2 is 1.86 bits per heavy atom. The summed E-state index contributed by atoms with van der Waals surface area (Å²) in [6.45, 7) is 19.6. The van der Waals surface area contributed by atoms with E-state index in [0.717, 1.165) is 37.0 Å². The molecule has 0 aromatic carbocycles. The van der Waals surface area contributed by atoms with Crippen molar-refractivity contribution < 1.29 is 9.53 Å². The van der Waals surface area contributed by atoms with Crippen molar-refractivity contribution in [2.45, 2.75) is 79.9 Å². The molecule has 1 heterocycles. The van der Waals surface area contributed by atoms with Gasteiger partial charge in [0.1, 0.15) is 9.88 Å². The molecule has 0 bridgehead atoms. The maximum Gasteiger partial charge on any atom is 0.350 e. The van der Waals surface area contributed by atoms with Gasteiger partial charge in [0.15, 0.2) is 5.96 Å². The SMILES string of the molecule is CCNC(=NCCCN(C(C)C)C(C)C)NC(C)c1nc(C)c(C(=O)OCC)s1. The molecule has 8 heteroatoms. The summed E-state index contributed by atoms with van der Waals surface area (Å²) in [6, 6.07) is 1.02. The van der Waals surface area contributed by atoms with Crippen molar-refractivity contribution >= 4 is 23.3 Å². The number of aliphatic imine (C=N–C) groups is 1. The Kier molecular flexibility index (Phi) is 11.2. The van der Waals surface area contributed by atoms with Crippen LogP contribution in [0.15, 0.2) is 4.99 Å². The molecular formula is C21H39N5O2S. The van der Waals surface area contributed by atoms with Crippen molar-refractivity contribution in [3.63, 3.8) is 0 Å². The van der Waals surface area contributed by atoms with Crippen molar-refractivity contribution in [2.24, 2.45) is 4.99 Å². The number of thiazole rings is 1. The highest BCUT2D eigenvalue weighted by Crippen LogP contribution is 2.24. The number of hydrogen-bond acceptors (Lipinski definition) is 6. The van der Waals surface area contributed by atoms with E-state index in [4.69, 9.17) is 9.73 Å². The van der Waals surface area contributed by atoms with Crippen LogP contribution >= 0.6 is 11.3 Å². The number of nitrogens with one attached hydrogen (secondary N) is 2. The predicted molar refractivity (Wildman–Crippen MR) is 122 cm³/mol. The van der Waals surface area contributed by atoms with Crippen molar-refractivity contribution in [1.29, 1.82) is 0 Å². The summed E-state index contributed by atoms with van der Waals surface area (Å²) in [4.78, 5) is 24.4. The van der Waals surface area contributed by atoms with Crippen LogP contribution in [0, 0.1) is 6.92 Å². The van der Waals surface area contributed by atoms with E-state index in [1.807, 2.05) is 20.8 Å². The summed E-state index contributed by atoms with van der Waals surface area (Å²) in [7, 11) is 0. The lowest BCUT2D eigenvalue weighted by molar-refractivity contribution is 0.0531. The zero-order chi connectivity index (χ0) is 22.0. The predicted octanol–water partition coefficient (Wildman–Crippen LogP) is 3.75. The lowest BCUT2D eigenvalue weighted by atomic mass is 10.2. The highest BCUT2D eigenvalue weighted by Gasteiger charge is 2.20. The van der Waals surface area contributed by atoms with Gasteiger partial charge in [-0.3, -0.25) is 9.89 Å². The molecule has 1 atom stereocenters. The van der Waals surface area contributed by atoms with Crippen molar-refractivity contribution in [3.05, 3.63) is 15.6 Å². The summed E-state index contributed by atoms with van der Waals surface area (Å²) in [5.41, 5.74) is 0.710. The number of hydrogen-bond donors (Lipinski definition) is 2. The number of nitrogens with zero attached hydrogens (tertiary/aromatic N) is 3. The van der Waals surface area contributed by atoms with Gasteiger partial charge in [0.05, 0.1) is 18.3 Å². The number of carbonyl (C=O) groups is 1. The summed E-state index contributed by atoms with van der Waals surface area (Å²) in [5, 5.41) is 7.54. The topological polar surface area (TPSA) is 78.9 Å². The zero-order valence-electron chi connectivity index (χ0n) is 19.3. The second-order valence-corrected chi connectivity index (χ2v) is 8.62. The summed E-state index contributed by atoms with van der Waals surface area (Å²) < 4.78 is 5.11. The van der Waals surface area contributed by atoms with Crippen LogP contribution in [0.2, 0.25) is 0 Å². The van der Waals surface area contributed by atoms with E-state index in [1.54, 1.807) is 6.92 Å². The standard InChI is InChI=1S/C21H39N5O2S/c1-9-22-21(23-12-11-13-26(14(3)4)15(5)6)25-17(8)19-24-16(7)18(29-19)20(27)28-10-2/h14-15,17H,9-13H2,1-8H3,(H2,22,23,25). The molecule has 1 aromatic rings. The van der Waals surface area contributed by atoms with Gasteiger partial charge in [-0.05, 0) is 61.8 Å². The monoisotopic (exact) mass is 425 g/mol. The van der Waals surface area contributed by atoms with Crippen molar-refractivity contribution in [1.82, 2.24) is 20.5 Å². The molecule has 2 N–H and O–H groups in total.